The average Bonchev–Trinajstić information content (AvgIpc) is 3.25. The lowest BCUT2D eigenvalue weighted by Crippen LogP contribution is -2.09. The molecule has 23 heavy (non-hydrogen) atoms. The number of thiazole rings is 1. The number of thiophene rings is 1. The van der Waals surface area contributed by atoms with Gasteiger partial charge >= 0.3 is 0 Å². The molecule has 0 aromatic carbocycles. The van der Waals surface area contributed by atoms with Crippen LogP contribution in [0.25, 0.3) is 21.1 Å². The van der Waals surface area contributed by atoms with E-state index in [9.17, 15) is 4.79 Å². The maximum atomic E-state index is 11.8. The van der Waals surface area contributed by atoms with E-state index in [0.717, 1.165) is 39.7 Å². The van der Waals surface area contributed by atoms with Crippen LogP contribution in [0.1, 0.15) is 26.2 Å². The van der Waals surface area contributed by atoms with Crippen LogP contribution >= 0.6 is 22.7 Å². The minimum atomic E-state index is 0.0562. The Hall–Kier alpha value is -2.12. The first kappa shape index (κ1) is 15.8. The molecule has 118 valence electrons. The molecule has 0 fully saturated rings. The highest BCUT2D eigenvalue weighted by molar-refractivity contribution is 7.14. The second-order valence-corrected chi connectivity index (χ2v) is 6.80. The summed E-state index contributed by atoms with van der Waals surface area (Å²) in [6.07, 6.45) is 7.74. The first-order chi connectivity index (χ1) is 11.3. The molecule has 0 aliphatic carbocycles. The number of carbonyl (C=O) groups is 1. The Balaban J connectivity index is 1.75. The molecule has 3 rings (SSSR count). The highest BCUT2D eigenvalue weighted by Gasteiger charge is 2.09. The number of nitrogens with one attached hydrogen (secondary N) is 1. The summed E-state index contributed by atoms with van der Waals surface area (Å²) in [5.74, 6) is 0.0562. The standard InChI is InChI=1S/C16H16N4OS2/c1-2-3-4-16(21)19-11-5-14(22-9-11)12-6-17-7-13(20-12)15-8-18-10-23-15/h5-10H,2-4H2,1H3,(H,19,21). The van der Waals surface area contributed by atoms with E-state index in [0.29, 0.717) is 6.42 Å². The van der Waals surface area contributed by atoms with Crippen molar-refractivity contribution in [2.45, 2.75) is 26.2 Å². The van der Waals surface area contributed by atoms with Crippen LogP contribution in [-0.4, -0.2) is 20.9 Å². The minimum Gasteiger partial charge on any atom is -0.325 e. The monoisotopic (exact) mass is 344 g/mol. The molecule has 0 aliphatic rings. The summed E-state index contributed by atoms with van der Waals surface area (Å²) < 4.78 is 0. The lowest BCUT2D eigenvalue weighted by Gasteiger charge is -2.01. The first-order valence-electron chi connectivity index (χ1n) is 7.36. The lowest BCUT2D eigenvalue weighted by atomic mass is 10.2. The zero-order chi connectivity index (χ0) is 16.1. The van der Waals surface area contributed by atoms with Gasteiger partial charge in [0.1, 0.15) is 5.69 Å². The fourth-order valence-electron chi connectivity index (χ4n) is 2.04. The van der Waals surface area contributed by atoms with Crippen LogP contribution in [0.2, 0.25) is 0 Å². The van der Waals surface area contributed by atoms with Gasteiger partial charge in [-0.2, -0.15) is 0 Å². The number of anilines is 1. The van der Waals surface area contributed by atoms with Gasteiger partial charge in [0, 0.05) is 18.0 Å². The topological polar surface area (TPSA) is 67.8 Å². The van der Waals surface area contributed by atoms with Crippen molar-refractivity contribution in [2.75, 3.05) is 5.32 Å². The van der Waals surface area contributed by atoms with Crippen LogP contribution in [0.4, 0.5) is 5.69 Å². The number of unbranched alkanes of at least 4 members (excludes halogenated alkanes) is 1. The van der Waals surface area contributed by atoms with E-state index in [1.165, 1.54) is 11.3 Å². The van der Waals surface area contributed by atoms with Crippen molar-refractivity contribution in [3.8, 4) is 21.1 Å². The Morgan fingerprint density at radius 2 is 1.96 bits per heavy atom. The summed E-state index contributed by atoms with van der Waals surface area (Å²) in [5.41, 5.74) is 4.21. The van der Waals surface area contributed by atoms with Crippen molar-refractivity contribution < 1.29 is 4.79 Å². The third kappa shape index (κ3) is 4.00. The molecule has 1 N–H and O–H groups in total. The van der Waals surface area contributed by atoms with Crippen molar-refractivity contribution in [2.24, 2.45) is 0 Å². The highest BCUT2D eigenvalue weighted by Crippen LogP contribution is 2.30. The summed E-state index contributed by atoms with van der Waals surface area (Å²) in [6, 6.07) is 1.94. The molecule has 3 aromatic rings. The van der Waals surface area contributed by atoms with E-state index >= 15 is 0 Å². The number of amides is 1. The second kappa shape index (κ2) is 7.43. The normalized spacial score (nSPS) is 10.7. The van der Waals surface area contributed by atoms with E-state index < -0.39 is 0 Å². The SMILES string of the molecule is CCCCC(=O)Nc1csc(-c2cncc(-c3cncs3)n2)c1. The maximum Gasteiger partial charge on any atom is 0.224 e. The average molecular weight is 344 g/mol. The zero-order valence-electron chi connectivity index (χ0n) is 12.7. The van der Waals surface area contributed by atoms with Gasteiger partial charge in [-0.3, -0.25) is 14.8 Å². The van der Waals surface area contributed by atoms with Gasteiger partial charge in [-0.05, 0) is 12.5 Å². The molecule has 0 saturated heterocycles. The molecule has 3 aromatic heterocycles. The fourth-order valence-corrected chi connectivity index (χ4v) is 3.41. The van der Waals surface area contributed by atoms with Crippen molar-refractivity contribution >= 4 is 34.3 Å². The van der Waals surface area contributed by atoms with E-state index in [2.05, 4.69) is 27.2 Å². The van der Waals surface area contributed by atoms with Gasteiger partial charge in [0.05, 0.1) is 39.0 Å². The maximum absolute atomic E-state index is 11.8. The van der Waals surface area contributed by atoms with Crippen molar-refractivity contribution in [3.05, 3.63) is 35.5 Å². The summed E-state index contributed by atoms with van der Waals surface area (Å²) in [6.45, 7) is 2.07. The van der Waals surface area contributed by atoms with Gasteiger partial charge in [0.25, 0.3) is 0 Å². The third-order valence-electron chi connectivity index (χ3n) is 3.21. The molecule has 5 nitrogen and oxygen atoms in total. The summed E-state index contributed by atoms with van der Waals surface area (Å²) in [4.78, 5) is 26.7. The molecule has 0 unspecified atom stereocenters. The number of carbonyl (C=O) groups excluding carboxylic acids is 1. The Kier molecular flexibility index (Phi) is 5.09. The van der Waals surface area contributed by atoms with Crippen LogP contribution < -0.4 is 5.32 Å². The number of rotatable bonds is 6. The second-order valence-electron chi connectivity index (χ2n) is 5.01. The summed E-state index contributed by atoms with van der Waals surface area (Å²) >= 11 is 3.08. The molecule has 3 heterocycles. The largest absolute Gasteiger partial charge is 0.325 e. The van der Waals surface area contributed by atoms with Crippen molar-refractivity contribution in [1.82, 2.24) is 15.0 Å². The Labute approximate surface area is 142 Å². The van der Waals surface area contributed by atoms with Gasteiger partial charge in [0.15, 0.2) is 0 Å². The first-order valence-corrected chi connectivity index (χ1v) is 9.12. The molecule has 0 spiro atoms. The van der Waals surface area contributed by atoms with Gasteiger partial charge in [-0.1, -0.05) is 13.3 Å². The molecule has 1 amide bonds. The van der Waals surface area contributed by atoms with Gasteiger partial charge < -0.3 is 5.32 Å². The predicted molar refractivity (Wildman–Crippen MR) is 94.6 cm³/mol. The fraction of sp³-hybridized carbons (Fsp3) is 0.250. The molecular formula is C16H16N4OS2. The van der Waals surface area contributed by atoms with Gasteiger partial charge in [-0.15, -0.1) is 22.7 Å². The smallest absolute Gasteiger partial charge is 0.224 e. The Bertz CT molecular complexity index is 783. The van der Waals surface area contributed by atoms with Gasteiger partial charge in [-0.25, -0.2) is 4.98 Å². The predicted octanol–water partition coefficient (Wildman–Crippen LogP) is 4.46. The minimum absolute atomic E-state index is 0.0562. The van der Waals surface area contributed by atoms with Crippen molar-refractivity contribution in [1.29, 1.82) is 0 Å². The number of aromatic nitrogens is 3. The molecule has 7 heteroatoms. The Morgan fingerprint density at radius 3 is 2.70 bits per heavy atom. The molecule has 0 bridgehead atoms. The third-order valence-corrected chi connectivity index (χ3v) is 4.96. The van der Waals surface area contributed by atoms with E-state index in [4.69, 9.17) is 0 Å². The lowest BCUT2D eigenvalue weighted by molar-refractivity contribution is -0.116. The number of hydrogen-bond acceptors (Lipinski definition) is 6. The quantitative estimate of drug-likeness (QED) is 0.717. The van der Waals surface area contributed by atoms with Crippen LogP contribution in [0.3, 0.4) is 0 Å². The van der Waals surface area contributed by atoms with E-state index in [1.54, 1.807) is 35.4 Å². The van der Waals surface area contributed by atoms with Crippen molar-refractivity contribution in [3.63, 3.8) is 0 Å². The highest BCUT2D eigenvalue weighted by atomic mass is 32.1. The number of nitrogens with zero attached hydrogens (tertiary/aromatic N) is 3. The molecule has 0 atom stereocenters. The van der Waals surface area contributed by atoms with Crippen LogP contribution in [0.5, 0.6) is 0 Å². The summed E-state index contributed by atoms with van der Waals surface area (Å²) in [5, 5.41) is 4.86. The molecule has 0 aliphatic heterocycles. The van der Waals surface area contributed by atoms with E-state index in [-0.39, 0.29) is 5.91 Å². The zero-order valence-corrected chi connectivity index (χ0v) is 14.3. The number of hydrogen-bond donors (Lipinski definition) is 1. The molecular weight excluding hydrogens is 328 g/mol. The molecule has 0 radical (unpaired) electrons. The van der Waals surface area contributed by atoms with Crippen LogP contribution in [-0.2, 0) is 4.79 Å². The molecule has 0 saturated carbocycles. The van der Waals surface area contributed by atoms with Crippen LogP contribution in [0.15, 0.2) is 35.5 Å². The Morgan fingerprint density at radius 1 is 1.13 bits per heavy atom. The summed E-state index contributed by atoms with van der Waals surface area (Å²) in [7, 11) is 0. The van der Waals surface area contributed by atoms with Crippen LogP contribution in [0, 0.1) is 0 Å². The van der Waals surface area contributed by atoms with Gasteiger partial charge in [0.2, 0.25) is 5.91 Å². The van der Waals surface area contributed by atoms with E-state index in [1.807, 2.05) is 11.4 Å².